The maximum atomic E-state index is 11.3. The van der Waals surface area contributed by atoms with Crippen LogP contribution in [0.15, 0.2) is 0 Å². The van der Waals surface area contributed by atoms with Gasteiger partial charge in [-0.25, -0.2) is 0 Å². The molecule has 0 spiro atoms. The van der Waals surface area contributed by atoms with E-state index in [1.165, 1.54) is 21.1 Å². The molecule has 0 aromatic carbocycles. The molecule has 3 N–H and O–H groups in total. The summed E-state index contributed by atoms with van der Waals surface area (Å²) in [5, 5.41) is 28.7. The number of hydrogen-bond acceptors (Lipinski definition) is 13. The van der Waals surface area contributed by atoms with E-state index >= 15 is 0 Å². The van der Waals surface area contributed by atoms with Gasteiger partial charge in [-0.3, -0.25) is 19.2 Å². The van der Waals surface area contributed by atoms with Gasteiger partial charge < -0.3 is 43.7 Å². The number of ether oxygens (including phenoxy) is 6. The van der Waals surface area contributed by atoms with E-state index in [9.17, 15) is 29.4 Å². The Kier molecular flexibility index (Phi) is 18.8. The third-order valence-electron chi connectivity index (χ3n) is 5.15. The van der Waals surface area contributed by atoms with Crippen molar-refractivity contribution in [3.63, 3.8) is 0 Å². The predicted molar refractivity (Wildman–Crippen MR) is 129 cm³/mol. The minimum absolute atomic E-state index is 0.00560. The summed E-state index contributed by atoms with van der Waals surface area (Å²) < 4.78 is 28.7. The van der Waals surface area contributed by atoms with Crippen LogP contribution in [0.25, 0.3) is 0 Å². The van der Waals surface area contributed by atoms with Crippen LogP contribution >= 0.6 is 0 Å². The fourth-order valence-corrected chi connectivity index (χ4v) is 2.04. The molecule has 0 amide bonds. The molecule has 0 rings (SSSR count). The van der Waals surface area contributed by atoms with Crippen LogP contribution in [-0.2, 0) is 47.6 Å². The van der Waals surface area contributed by atoms with Crippen molar-refractivity contribution in [1.82, 2.24) is 0 Å². The first-order valence-electron chi connectivity index (χ1n) is 11.8. The summed E-state index contributed by atoms with van der Waals surface area (Å²) in [6, 6.07) is 0. The smallest absolute Gasteiger partial charge is 0.317 e. The van der Waals surface area contributed by atoms with Gasteiger partial charge in [0.15, 0.2) is 0 Å². The van der Waals surface area contributed by atoms with E-state index in [0.29, 0.717) is 12.8 Å². The molecule has 0 aliphatic carbocycles. The molecular formula is C24H44O13. The average Bonchev–Trinajstić information content (AvgIpc) is 2.84. The van der Waals surface area contributed by atoms with Crippen molar-refractivity contribution in [3.05, 3.63) is 0 Å². The van der Waals surface area contributed by atoms with Crippen LogP contribution in [0.1, 0.15) is 66.7 Å². The van der Waals surface area contributed by atoms with Gasteiger partial charge in [-0.05, 0) is 33.6 Å². The molecule has 0 aliphatic rings. The fourth-order valence-electron chi connectivity index (χ4n) is 2.04. The van der Waals surface area contributed by atoms with Gasteiger partial charge >= 0.3 is 23.9 Å². The molecule has 0 radical (unpaired) electrons. The molecule has 0 aromatic rings. The first kappa shape index (κ1) is 36.8. The summed E-state index contributed by atoms with van der Waals surface area (Å²) in [6.45, 7) is 8.21. The van der Waals surface area contributed by atoms with E-state index in [2.05, 4.69) is 9.47 Å². The van der Waals surface area contributed by atoms with Crippen LogP contribution in [0.4, 0.5) is 0 Å². The molecule has 0 bridgehead atoms. The number of carbonyl (C=O) groups is 4. The molecule has 0 aromatic heterocycles. The van der Waals surface area contributed by atoms with Crippen molar-refractivity contribution >= 4 is 23.9 Å². The molecule has 13 nitrogen and oxygen atoms in total. The molecule has 0 fully saturated rings. The fraction of sp³-hybridized carbons (Fsp3) is 0.833. The summed E-state index contributed by atoms with van der Waals surface area (Å²) in [6.07, 6.45) is 0.349. The highest BCUT2D eigenvalue weighted by Crippen LogP contribution is 2.15. The van der Waals surface area contributed by atoms with Gasteiger partial charge in [0.05, 0.1) is 45.2 Å². The zero-order chi connectivity index (χ0) is 29.1. The number of methoxy groups -OCH3 is 2. The Balaban J connectivity index is 0. The molecule has 13 heteroatoms. The lowest BCUT2D eigenvalue weighted by atomic mass is 10.1. The van der Waals surface area contributed by atoms with Gasteiger partial charge in [0, 0.05) is 6.42 Å². The summed E-state index contributed by atoms with van der Waals surface area (Å²) >= 11 is 0. The third kappa shape index (κ3) is 20.4. The molecule has 0 saturated carbocycles. The average molecular weight is 541 g/mol. The molecule has 3 unspecified atom stereocenters. The van der Waals surface area contributed by atoms with Crippen LogP contribution < -0.4 is 0 Å². The summed E-state index contributed by atoms with van der Waals surface area (Å²) in [5.41, 5.74) is -3.07. The second-order valence-corrected chi connectivity index (χ2v) is 9.07. The second kappa shape index (κ2) is 18.9. The van der Waals surface area contributed by atoms with Gasteiger partial charge in [-0.2, -0.15) is 0 Å². The SMILES string of the molecule is CCC(C)(CO)OC(=O)CC(=O)OC.CCC(C)(O)COCOCCC(C)(O)COC(=O)CC(=O)OC. The molecule has 37 heavy (non-hydrogen) atoms. The highest BCUT2D eigenvalue weighted by molar-refractivity contribution is 5.91. The van der Waals surface area contributed by atoms with E-state index in [1.54, 1.807) is 20.8 Å². The monoisotopic (exact) mass is 540 g/mol. The number of esters is 4. The Labute approximate surface area is 218 Å². The molecule has 0 heterocycles. The predicted octanol–water partition coefficient (Wildman–Crippen LogP) is 0.639. The summed E-state index contributed by atoms with van der Waals surface area (Å²) in [4.78, 5) is 44.0. The minimum atomic E-state index is -1.28. The van der Waals surface area contributed by atoms with Crippen molar-refractivity contribution in [2.45, 2.75) is 83.5 Å². The van der Waals surface area contributed by atoms with Gasteiger partial charge in [0.25, 0.3) is 0 Å². The molecule has 0 aliphatic heterocycles. The highest BCUT2D eigenvalue weighted by Gasteiger charge is 2.27. The molecular weight excluding hydrogens is 496 g/mol. The maximum absolute atomic E-state index is 11.3. The Hall–Kier alpha value is -2.32. The van der Waals surface area contributed by atoms with Crippen LogP contribution in [0.2, 0.25) is 0 Å². The van der Waals surface area contributed by atoms with E-state index in [4.69, 9.17) is 24.1 Å². The molecule has 218 valence electrons. The standard InChI is InChI=1S/C15H28O8.C9H16O5/c1-5-14(2,18)9-22-11-21-7-6-15(3,19)10-23-13(17)8-12(16)20-4;1-4-9(2,6-10)14-8(12)5-7(11)13-3/h18-19H,5-11H2,1-4H3;10H,4-6H2,1-3H3. The third-order valence-corrected chi connectivity index (χ3v) is 5.15. The van der Waals surface area contributed by atoms with Crippen molar-refractivity contribution in [3.8, 4) is 0 Å². The maximum Gasteiger partial charge on any atom is 0.317 e. The van der Waals surface area contributed by atoms with Crippen molar-refractivity contribution in [1.29, 1.82) is 0 Å². The topological polar surface area (TPSA) is 184 Å². The lowest BCUT2D eigenvalue weighted by Gasteiger charge is -2.25. The van der Waals surface area contributed by atoms with Gasteiger partial charge in [-0.1, -0.05) is 13.8 Å². The highest BCUT2D eigenvalue weighted by atomic mass is 16.7. The lowest BCUT2D eigenvalue weighted by molar-refractivity contribution is -0.167. The first-order valence-corrected chi connectivity index (χ1v) is 11.8. The van der Waals surface area contributed by atoms with Gasteiger partial charge in [0.2, 0.25) is 0 Å². The summed E-state index contributed by atoms with van der Waals surface area (Å²) in [7, 11) is 2.37. The molecule has 3 atom stereocenters. The largest absolute Gasteiger partial charge is 0.469 e. The van der Waals surface area contributed by atoms with Crippen LogP contribution in [0.5, 0.6) is 0 Å². The van der Waals surface area contributed by atoms with Crippen LogP contribution in [-0.4, -0.2) is 103 Å². The van der Waals surface area contributed by atoms with Gasteiger partial charge in [0.1, 0.15) is 31.8 Å². The Bertz CT molecular complexity index is 684. The number of aliphatic hydroxyl groups excluding tert-OH is 1. The van der Waals surface area contributed by atoms with E-state index in [-0.39, 0.29) is 39.6 Å². The Morgan fingerprint density at radius 2 is 1.27 bits per heavy atom. The van der Waals surface area contributed by atoms with E-state index < -0.39 is 53.5 Å². The normalized spacial score (nSPS) is 15.5. The summed E-state index contributed by atoms with van der Waals surface area (Å²) in [5.74, 6) is -2.79. The Morgan fingerprint density at radius 1 is 0.730 bits per heavy atom. The number of aliphatic hydroxyl groups is 3. The number of carbonyl (C=O) groups excluding carboxylic acids is 4. The zero-order valence-corrected chi connectivity index (χ0v) is 23.0. The number of hydrogen-bond donors (Lipinski definition) is 3. The Morgan fingerprint density at radius 3 is 1.73 bits per heavy atom. The molecule has 0 saturated heterocycles. The van der Waals surface area contributed by atoms with E-state index in [0.717, 1.165) is 0 Å². The van der Waals surface area contributed by atoms with Crippen LogP contribution in [0, 0.1) is 0 Å². The number of rotatable bonds is 17. The lowest BCUT2D eigenvalue weighted by Crippen LogP contribution is -2.35. The van der Waals surface area contributed by atoms with Crippen molar-refractivity contribution in [2.75, 3.05) is 47.4 Å². The first-order chi connectivity index (χ1) is 17.1. The second-order valence-electron chi connectivity index (χ2n) is 9.07. The van der Waals surface area contributed by atoms with Gasteiger partial charge in [-0.15, -0.1) is 0 Å². The minimum Gasteiger partial charge on any atom is -0.469 e. The van der Waals surface area contributed by atoms with Crippen LogP contribution in [0.3, 0.4) is 0 Å². The van der Waals surface area contributed by atoms with Crippen molar-refractivity contribution in [2.24, 2.45) is 0 Å². The quantitative estimate of drug-likeness (QED) is 0.0768. The van der Waals surface area contributed by atoms with E-state index in [1.807, 2.05) is 6.92 Å². The zero-order valence-electron chi connectivity index (χ0n) is 23.0. The van der Waals surface area contributed by atoms with Crippen molar-refractivity contribution < 1.29 is 62.9 Å².